The molecule has 3 nitrogen and oxygen atoms in total. The number of methoxy groups -OCH3 is 1. The Hall–Kier alpha value is -1.48. The monoisotopic (exact) mass is 289 g/mol. The van der Waals surface area contributed by atoms with Crippen molar-refractivity contribution in [3.8, 4) is 11.5 Å². The topological polar surface area (TPSA) is 30.5 Å². The SMILES string of the molecule is CCCNC(C)/C(C)=C/c1cc2c(cc1OC)CC(C)O2. The van der Waals surface area contributed by atoms with Gasteiger partial charge in [0, 0.05) is 23.6 Å². The summed E-state index contributed by atoms with van der Waals surface area (Å²) in [6.07, 6.45) is 4.56. The molecule has 2 unspecified atom stereocenters. The zero-order valence-corrected chi connectivity index (χ0v) is 13.8. The molecule has 1 N–H and O–H groups in total. The molecule has 0 saturated heterocycles. The lowest BCUT2D eigenvalue weighted by Gasteiger charge is -2.15. The first-order valence-corrected chi connectivity index (χ1v) is 7.84. The summed E-state index contributed by atoms with van der Waals surface area (Å²) in [6.45, 7) is 9.67. The van der Waals surface area contributed by atoms with Crippen LogP contribution in [0.15, 0.2) is 17.7 Å². The van der Waals surface area contributed by atoms with Crippen molar-refractivity contribution in [2.45, 2.75) is 52.7 Å². The summed E-state index contributed by atoms with van der Waals surface area (Å²) >= 11 is 0. The zero-order chi connectivity index (χ0) is 15.4. The van der Waals surface area contributed by atoms with Crippen LogP contribution in [0.3, 0.4) is 0 Å². The van der Waals surface area contributed by atoms with Gasteiger partial charge in [-0.15, -0.1) is 0 Å². The standard InChI is InChI=1S/C18H27NO2/c1-6-7-19-14(4)12(2)8-15-11-18-16(9-13(3)21-18)10-17(15)20-5/h8,10-11,13-14,19H,6-7,9H2,1-5H3/b12-8+. The molecule has 116 valence electrons. The van der Waals surface area contributed by atoms with Crippen LogP contribution in [0.2, 0.25) is 0 Å². The van der Waals surface area contributed by atoms with Crippen molar-refractivity contribution in [3.05, 3.63) is 28.8 Å². The van der Waals surface area contributed by atoms with Crippen LogP contribution in [0.4, 0.5) is 0 Å². The van der Waals surface area contributed by atoms with Crippen molar-refractivity contribution in [2.24, 2.45) is 0 Å². The average Bonchev–Trinajstić information content (AvgIpc) is 2.82. The Balaban J connectivity index is 2.25. The molecular formula is C18H27NO2. The maximum Gasteiger partial charge on any atom is 0.126 e. The highest BCUT2D eigenvalue weighted by Gasteiger charge is 2.21. The van der Waals surface area contributed by atoms with E-state index in [-0.39, 0.29) is 6.10 Å². The second-order valence-corrected chi connectivity index (χ2v) is 5.90. The Labute approximate surface area is 128 Å². The Morgan fingerprint density at radius 3 is 2.95 bits per heavy atom. The van der Waals surface area contributed by atoms with Gasteiger partial charge in [0.05, 0.1) is 7.11 Å². The minimum atomic E-state index is 0.259. The van der Waals surface area contributed by atoms with Gasteiger partial charge >= 0.3 is 0 Å². The fraction of sp³-hybridized carbons (Fsp3) is 0.556. The molecule has 0 saturated carbocycles. The predicted molar refractivity (Wildman–Crippen MR) is 88.2 cm³/mol. The molecule has 0 amide bonds. The number of fused-ring (bicyclic) bond motifs is 1. The van der Waals surface area contributed by atoms with E-state index in [9.17, 15) is 0 Å². The molecule has 0 aliphatic carbocycles. The lowest BCUT2D eigenvalue weighted by atomic mass is 10.0. The summed E-state index contributed by atoms with van der Waals surface area (Å²) in [5.41, 5.74) is 3.63. The maximum absolute atomic E-state index is 5.85. The molecular weight excluding hydrogens is 262 g/mol. The van der Waals surface area contributed by atoms with Gasteiger partial charge in [-0.1, -0.05) is 18.6 Å². The lowest BCUT2D eigenvalue weighted by Crippen LogP contribution is -2.27. The number of benzene rings is 1. The van der Waals surface area contributed by atoms with E-state index in [0.29, 0.717) is 6.04 Å². The first-order valence-electron chi connectivity index (χ1n) is 7.84. The fourth-order valence-electron chi connectivity index (χ4n) is 2.64. The first kappa shape index (κ1) is 15.9. The van der Waals surface area contributed by atoms with Crippen LogP contribution >= 0.6 is 0 Å². The second-order valence-electron chi connectivity index (χ2n) is 5.90. The number of nitrogens with one attached hydrogen (secondary N) is 1. The van der Waals surface area contributed by atoms with Gasteiger partial charge in [-0.05, 0) is 45.9 Å². The molecule has 1 aromatic rings. The molecule has 1 aliphatic heterocycles. The summed E-state index contributed by atoms with van der Waals surface area (Å²) in [6, 6.07) is 4.58. The highest BCUT2D eigenvalue weighted by Crippen LogP contribution is 2.36. The molecule has 2 atom stereocenters. The van der Waals surface area contributed by atoms with Crippen molar-refractivity contribution in [1.29, 1.82) is 0 Å². The van der Waals surface area contributed by atoms with E-state index >= 15 is 0 Å². The van der Waals surface area contributed by atoms with E-state index in [2.05, 4.69) is 51.2 Å². The van der Waals surface area contributed by atoms with E-state index in [0.717, 1.165) is 36.4 Å². The van der Waals surface area contributed by atoms with Gasteiger partial charge in [0.25, 0.3) is 0 Å². The van der Waals surface area contributed by atoms with Crippen molar-refractivity contribution >= 4 is 6.08 Å². The van der Waals surface area contributed by atoms with E-state index in [1.54, 1.807) is 7.11 Å². The molecule has 1 heterocycles. The molecule has 2 rings (SSSR count). The minimum absolute atomic E-state index is 0.259. The van der Waals surface area contributed by atoms with Crippen LogP contribution in [0.5, 0.6) is 11.5 Å². The zero-order valence-electron chi connectivity index (χ0n) is 13.8. The molecule has 0 radical (unpaired) electrons. The molecule has 0 aromatic heterocycles. The van der Waals surface area contributed by atoms with Gasteiger partial charge in [-0.25, -0.2) is 0 Å². The molecule has 0 bridgehead atoms. The van der Waals surface area contributed by atoms with E-state index in [1.807, 2.05) is 0 Å². The summed E-state index contributed by atoms with van der Waals surface area (Å²) in [7, 11) is 1.73. The van der Waals surface area contributed by atoms with E-state index in [4.69, 9.17) is 9.47 Å². The normalized spacial score (nSPS) is 19.1. The Morgan fingerprint density at radius 2 is 2.29 bits per heavy atom. The average molecular weight is 289 g/mol. The van der Waals surface area contributed by atoms with Crippen LogP contribution in [-0.4, -0.2) is 25.8 Å². The van der Waals surface area contributed by atoms with Crippen LogP contribution in [0.1, 0.15) is 45.2 Å². The van der Waals surface area contributed by atoms with Gasteiger partial charge in [0.2, 0.25) is 0 Å². The van der Waals surface area contributed by atoms with E-state index < -0.39 is 0 Å². The third kappa shape index (κ3) is 3.79. The Morgan fingerprint density at radius 1 is 1.52 bits per heavy atom. The molecule has 1 aliphatic rings. The lowest BCUT2D eigenvalue weighted by molar-refractivity contribution is 0.254. The molecule has 1 aromatic carbocycles. The summed E-state index contributed by atoms with van der Waals surface area (Å²) in [5, 5.41) is 3.51. The number of rotatable bonds is 6. The van der Waals surface area contributed by atoms with Gasteiger partial charge < -0.3 is 14.8 Å². The third-order valence-corrected chi connectivity index (χ3v) is 4.02. The van der Waals surface area contributed by atoms with Crippen LogP contribution < -0.4 is 14.8 Å². The number of hydrogen-bond acceptors (Lipinski definition) is 3. The van der Waals surface area contributed by atoms with Crippen LogP contribution in [-0.2, 0) is 6.42 Å². The van der Waals surface area contributed by atoms with Crippen molar-refractivity contribution < 1.29 is 9.47 Å². The van der Waals surface area contributed by atoms with Crippen LogP contribution in [0.25, 0.3) is 6.08 Å². The predicted octanol–water partition coefficient (Wildman–Crippen LogP) is 3.81. The molecule has 0 fully saturated rings. The van der Waals surface area contributed by atoms with Gasteiger partial charge in [0.1, 0.15) is 17.6 Å². The van der Waals surface area contributed by atoms with Crippen molar-refractivity contribution in [2.75, 3.05) is 13.7 Å². The van der Waals surface area contributed by atoms with Gasteiger partial charge in [0.15, 0.2) is 0 Å². The molecule has 21 heavy (non-hydrogen) atoms. The summed E-state index contributed by atoms with van der Waals surface area (Å²) in [4.78, 5) is 0. The Kier molecular flexibility index (Phi) is 5.29. The minimum Gasteiger partial charge on any atom is -0.496 e. The number of hydrogen-bond donors (Lipinski definition) is 1. The van der Waals surface area contributed by atoms with Crippen molar-refractivity contribution in [1.82, 2.24) is 5.32 Å². The van der Waals surface area contributed by atoms with Gasteiger partial charge in [-0.2, -0.15) is 0 Å². The fourth-order valence-corrected chi connectivity index (χ4v) is 2.64. The summed E-state index contributed by atoms with van der Waals surface area (Å²) < 4.78 is 11.4. The number of ether oxygens (including phenoxy) is 2. The smallest absolute Gasteiger partial charge is 0.126 e. The van der Waals surface area contributed by atoms with Crippen LogP contribution in [0, 0.1) is 0 Å². The third-order valence-electron chi connectivity index (χ3n) is 4.02. The molecule has 3 heteroatoms. The highest BCUT2D eigenvalue weighted by molar-refractivity contribution is 5.64. The Bertz CT molecular complexity index is 522. The second kappa shape index (κ2) is 6.99. The largest absolute Gasteiger partial charge is 0.496 e. The highest BCUT2D eigenvalue weighted by atomic mass is 16.5. The first-order chi connectivity index (χ1) is 10.0. The van der Waals surface area contributed by atoms with Gasteiger partial charge in [-0.3, -0.25) is 0 Å². The quantitative estimate of drug-likeness (QED) is 0.864. The maximum atomic E-state index is 5.85. The van der Waals surface area contributed by atoms with E-state index in [1.165, 1.54) is 11.1 Å². The summed E-state index contributed by atoms with van der Waals surface area (Å²) in [5.74, 6) is 1.92. The van der Waals surface area contributed by atoms with Crippen molar-refractivity contribution in [3.63, 3.8) is 0 Å². The molecule has 0 spiro atoms.